The van der Waals surface area contributed by atoms with E-state index in [2.05, 4.69) is 0 Å². The Morgan fingerprint density at radius 2 is 2.14 bits per heavy atom. The quantitative estimate of drug-likeness (QED) is 0.631. The summed E-state index contributed by atoms with van der Waals surface area (Å²) in [6, 6.07) is 8.03. The van der Waals surface area contributed by atoms with E-state index in [1.54, 1.807) is 13.0 Å². The Bertz CT molecular complexity index is 391. The lowest BCUT2D eigenvalue weighted by atomic mass is 9.98. The number of ether oxygens (including phenoxy) is 1. The molecule has 72 valence electrons. The summed E-state index contributed by atoms with van der Waals surface area (Å²) in [4.78, 5) is 11.0. The monoisotopic (exact) mass is 188 g/mol. The van der Waals surface area contributed by atoms with Crippen LogP contribution < -0.4 is 0 Å². The number of rotatable bonds is 1. The van der Waals surface area contributed by atoms with Crippen molar-refractivity contribution in [3.05, 3.63) is 41.5 Å². The van der Waals surface area contributed by atoms with E-state index in [1.807, 2.05) is 24.3 Å². The molecule has 1 aromatic rings. The van der Waals surface area contributed by atoms with Gasteiger partial charge in [-0.15, -0.1) is 0 Å². The zero-order valence-corrected chi connectivity index (χ0v) is 8.12. The van der Waals surface area contributed by atoms with Crippen molar-refractivity contribution < 1.29 is 9.53 Å². The van der Waals surface area contributed by atoms with Crippen LogP contribution in [0.4, 0.5) is 0 Å². The van der Waals surface area contributed by atoms with Gasteiger partial charge in [-0.1, -0.05) is 24.3 Å². The fourth-order valence-corrected chi connectivity index (χ4v) is 1.67. The first kappa shape index (κ1) is 9.16. The van der Waals surface area contributed by atoms with E-state index in [0.29, 0.717) is 13.2 Å². The molecule has 1 heterocycles. The van der Waals surface area contributed by atoms with Gasteiger partial charge in [0.2, 0.25) is 0 Å². The summed E-state index contributed by atoms with van der Waals surface area (Å²) in [6.45, 7) is 2.74. The van der Waals surface area contributed by atoms with Crippen LogP contribution in [0.3, 0.4) is 0 Å². The molecule has 14 heavy (non-hydrogen) atoms. The van der Waals surface area contributed by atoms with Crippen LogP contribution >= 0.6 is 0 Å². The molecule has 0 fully saturated rings. The van der Waals surface area contributed by atoms with Crippen molar-refractivity contribution in [3.63, 3.8) is 0 Å². The number of benzene rings is 1. The van der Waals surface area contributed by atoms with E-state index in [4.69, 9.17) is 4.74 Å². The molecule has 2 rings (SSSR count). The van der Waals surface area contributed by atoms with E-state index < -0.39 is 0 Å². The van der Waals surface area contributed by atoms with Gasteiger partial charge in [0.15, 0.2) is 5.78 Å². The molecule has 0 radical (unpaired) electrons. The van der Waals surface area contributed by atoms with Crippen molar-refractivity contribution in [3.8, 4) is 0 Å². The van der Waals surface area contributed by atoms with Crippen LogP contribution in [0, 0.1) is 0 Å². The fourth-order valence-electron chi connectivity index (χ4n) is 1.67. The fraction of sp³-hybridized carbons (Fsp3) is 0.250. The normalized spacial score (nSPS) is 17.9. The smallest absolute Gasteiger partial charge is 0.152 e. The van der Waals surface area contributed by atoms with Crippen molar-refractivity contribution in [1.82, 2.24) is 0 Å². The SMILES string of the molecule is CC(=O)/C=C1/COCc2ccccc21. The molecular weight excluding hydrogens is 176 g/mol. The number of hydrogen-bond acceptors (Lipinski definition) is 2. The van der Waals surface area contributed by atoms with E-state index in [9.17, 15) is 4.79 Å². The maximum Gasteiger partial charge on any atom is 0.152 e. The molecule has 0 spiro atoms. The molecule has 0 aliphatic carbocycles. The van der Waals surface area contributed by atoms with Gasteiger partial charge in [0.05, 0.1) is 13.2 Å². The highest BCUT2D eigenvalue weighted by Gasteiger charge is 2.13. The van der Waals surface area contributed by atoms with Gasteiger partial charge in [0, 0.05) is 0 Å². The van der Waals surface area contributed by atoms with Gasteiger partial charge in [-0.3, -0.25) is 4.79 Å². The average molecular weight is 188 g/mol. The maximum absolute atomic E-state index is 11.0. The van der Waals surface area contributed by atoms with Crippen LogP contribution in [0.25, 0.3) is 5.57 Å². The molecule has 1 aromatic carbocycles. The molecule has 0 saturated heterocycles. The summed E-state index contributed by atoms with van der Waals surface area (Å²) in [6.07, 6.45) is 1.65. The second-order valence-corrected chi connectivity index (χ2v) is 3.43. The number of carbonyl (C=O) groups excluding carboxylic acids is 1. The third-order valence-corrected chi connectivity index (χ3v) is 2.26. The number of carbonyl (C=O) groups is 1. The lowest BCUT2D eigenvalue weighted by Crippen LogP contribution is -2.09. The second kappa shape index (κ2) is 3.76. The molecule has 0 N–H and O–H groups in total. The Morgan fingerprint density at radius 3 is 2.93 bits per heavy atom. The molecule has 0 amide bonds. The molecule has 2 nitrogen and oxygen atoms in total. The first-order valence-electron chi connectivity index (χ1n) is 4.64. The number of hydrogen-bond donors (Lipinski definition) is 0. The van der Waals surface area contributed by atoms with Crippen LogP contribution in [0.5, 0.6) is 0 Å². The Labute approximate surface area is 83.2 Å². The van der Waals surface area contributed by atoms with Gasteiger partial charge in [0.25, 0.3) is 0 Å². The van der Waals surface area contributed by atoms with Crippen LogP contribution in [0.1, 0.15) is 18.1 Å². The Morgan fingerprint density at radius 1 is 1.36 bits per heavy atom. The second-order valence-electron chi connectivity index (χ2n) is 3.43. The average Bonchev–Trinajstić information content (AvgIpc) is 2.18. The first-order chi connectivity index (χ1) is 6.77. The highest BCUT2D eigenvalue weighted by Crippen LogP contribution is 2.25. The van der Waals surface area contributed by atoms with Crippen molar-refractivity contribution in [2.24, 2.45) is 0 Å². The van der Waals surface area contributed by atoms with Gasteiger partial charge in [-0.2, -0.15) is 0 Å². The van der Waals surface area contributed by atoms with Crippen molar-refractivity contribution in [1.29, 1.82) is 0 Å². The van der Waals surface area contributed by atoms with Gasteiger partial charge in [-0.05, 0) is 29.7 Å². The zero-order chi connectivity index (χ0) is 9.97. The predicted octanol–water partition coefficient (Wildman–Crippen LogP) is 2.19. The molecular formula is C12H12O2. The highest BCUT2D eigenvalue weighted by atomic mass is 16.5. The molecule has 1 aliphatic heterocycles. The highest BCUT2D eigenvalue weighted by molar-refractivity contribution is 5.95. The van der Waals surface area contributed by atoms with Gasteiger partial charge >= 0.3 is 0 Å². The lowest BCUT2D eigenvalue weighted by molar-refractivity contribution is -0.112. The van der Waals surface area contributed by atoms with Gasteiger partial charge in [0.1, 0.15) is 0 Å². The topological polar surface area (TPSA) is 26.3 Å². The Balaban J connectivity index is 2.45. The first-order valence-corrected chi connectivity index (χ1v) is 4.64. The van der Waals surface area contributed by atoms with Crippen molar-refractivity contribution >= 4 is 11.4 Å². The molecule has 0 unspecified atom stereocenters. The maximum atomic E-state index is 11.0. The summed E-state index contributed by atoms with van der Waals surface area (Å²) in [7, 11) is 0. The molecule has 0 atom stereocenters. The van der Waals surface area contributed by atoms with Crippen LogP contribution in [0.15, 0.2) is 30.3 Å². The van der Waals surface area contributed by atoms with Crippen molar-refractivity contribution in [2.75, 3.05) is 6.61 Å². The summed E-state index contributed by atoms with van der Waals surface area (Å²) in [5.41, 5.74) is 3.29. The van der Waals surface area contributed by atoms with E-state index >= 15 is 0 Å². The van der Waals surface area contributed by atoms with E-state index in [1.165, 1.54) is 0 Å². The van der Waals surface area contributed by atoms with Crippen LogP contribution in [0.2, 0.25) is 0 Å². The summed E-state index contributed by atoms with van der Waals surface area (Å²) in [5, 5.41) is 0. The Kier molecular flexibility index (Phi) is 2.46. The molecule has 0 saturated carbocycles. The van der Waals surface area contributed by atoms with Crippen molar-refractivity contribution in [2.45, 2.75) is 13.5 Å². The van der Waals surface area contributed by atoms with Gasteiger partial charge < -0.3 is 4.74 Å². The standard InChI is InChI=1S/C12H12O2/c1-9(13)6-11-8-14-7-10-4-2-3-5-12(10)11/h2-6H,7-8H2,1H3/b11-6-. The minimum Gasteiger partial charge on any atom is -0.372 e. The summed E-state index contributed by atoms with van der Waals surface area (Å²) >= 11 is 0. The Hall–Kier alpha value is -1.41. The predicted molar refractivity (Wildman–Crippen MR) is 54.8 cm³/mol. The number of fused-ring (bicyclic) bond motifs is 1. The molecule has 0 bridgehead atoms. The zero-order valence-electron chi connectivity index (χ0n) is 8.12. The summed E-state index contributed by atoms with van der Waals surface area (Å²) < 4.78 is 5.39. The van der Waals surface area contributed by atoms with Gasteiger partial charge in [-0.25, -0.2) is 0 Å². The molecule has 2 heteroatoms. The van der Waals surface area contributed by atoms with Crippen LogP contribution in [-0.2, 0) is 16.1 Å². The largest absolute Gasteiger partial charge is 0.372 e. The minimum atomic E-state index is 0.0697. The summed E-state index contributed by atoms with van der Waals surface area (Å²) in [5.74, 6) is 0.0697. The molecule has 0 aromatic heterocycles. The number of ketones is 1. The van der Waals surface area contributed by atoms with E-state index in [-0.39, 0.29) is 5.78 Å². The number of allylic oxidation sites excluding steroid dienone is 1. The third kappa shape index (κ3) is 1.75. The van der Waals surface area contributed by atoms with Crippen LogP contribution in [-0.4, -0.2) is 12.4 Å². The third-order valence-electron chi connectivity index (χ3n) is 2.26. The minimum absolute atomic E-state index is 0.0697. The molecule has 1 aliphatic rings. The van der Waals surface area contributed by atoms with E-state index in [0.717, 1.165) is 16.7 Å². The lowest BCUT2D eigenvalue weighted by Gasteiger charge is -2.18.